The van der Waals surface area contributed by atoms with Gasteiger partial charge < -0.3 is 10.5 Å². The first-order valence-corrected chi connectivity index (χ1v) is 9.25. The monoisotopic (exact) mass is 358 g/mol. The van der Waals surface area contributed by atoms with Crippen molar-refractivity contribution >= 4 is 16.0 Å². The lowest BCUT2D eigenvalue weighted by Gasteiger charge is -2.41. The summed E-state index contributed by atoms with van der Waals surface area (Å²) < 4.78 is 45.6. The SMILES string of the molecule is CCOC(=O)c1cc(F)cc(S(=O)(=O)N2CCC(N)C(C)(C)C2)c1. The van der Waals surface area contributed by atoms with Gasteiger partial charge in [0.15, 0.2) is 0 Å². The van der Waals surface area contributed by atoms with Crippen LogP contribution in [0, 0.1) is 11.2 Å². The topological polar surface area (TPSA) is 89.7 Å². The highest BCUT2D eigenvalue weighted by Gasteiger charge is 2.39. The maximum atomic E-state index is 13.8. The van der Waals surface area contributed by atoms with Gasteiger partial charge in [0.2, 0.25) is 10.0 Å². The summed E-state index contributed by atoms with van der Waals surface area (Å²) in [4.78, 5) is 11.5. The Hall–Kier alpha value is -1.51. The zero-order chi connectivity index (χ0) is 18.1. The lowest BCUT2D eigenvalue weighted by atomic mass is 9.81. The van der Waals surface area contributed by atoms with Crippen LogP contribution in [0.2, 0.25) is 0 Å². The average molecular weight is 358 g/mol. The lowest BCUT2D eigenvalue weighted by Crippen LogP contribution is -2.53. The molecule has 0 radical (unpaired) electrons. The van der Waals surface area contributed by atoms with Gasteiger partial charge in [0.05, 0.1) is 17.1 Å². The Kier molecular flexibility index (Phi) is 5.31. The Morgan fingerprint density at radius 2 is 2.08 bits per heavy atom. The Labute approximate surface area is 141 Å². The molecule has 1 aromatic rings. The molecule has 1 atom stereocenters. The van der Waals surface area contributed by atoms with Crippen molar-refractivity contribution in [3.8, 4) is 0 Å². The second-order valence-corrected chi connectivity index (χ2v) is 8.56. The van der Waals surface area contributed by atoms with Gasteiger partial charge in [0.1, 0.15) is 5.82 Å². The van der Waals surface area contributed by atoms with Gasteiger partial charge in [-0.05, 0) is 37.0 Å². The molecular weight excluding hydrogens is 335 g/mol. The van der Waals surface area contributed by atoms with E-state index in [1.165, 1.54) is 4.31 Å². The molecule has 0 saturated carbocycles. The fraction of sp³-hybridized carbons (Fsp3) is 0.562. The number of esters is 1. The van der Waals surface area contributed by atoms with E-state index >= 15 is 0 Å². The molecule has 1 heterocycles. The number of halogens is 1. The van der Waals surface area contributed by atoms with E-state index in [0.29, 0.717) is 6.42 Å². The second-order valence-electron chi connectivity index (χ2n) is 6.62. The lowest BCUT2D eigenvalue weighted by molar-refractivity contribution is 0.0525. The summed E-state index contributed by atoms with van der Waals surface area (Å²) in [5.41, 5.74) is 5.53. The highest BCUT2D eigenvalue weighted by atomic mass is 32.2. The molecule has 1 aliphatic rings. The number of ether oxygens (including phenoxy) is 1. The number of hydrogen-bond donors (Lipinski definition) is 1. The molecule has 2 N–H and O–H groups in total. The molecule has 1 aromatic carbocycles. The largest absolute Gasteiger partial charge is 0.462 e. The normalized spacial score (nSPS) is 21.5. The Morgan fingerprint density at radius 1 is 1.42 bits per heavy atom. The van der Waals surface area contributed by atoms with Gasteiger partial charge >= 0.3 is 5.97 Å². The Bertz CT molecular complexity index is 734. The number of nitrogens with two attached hydrogens (primary N) is 1. The standard InChI is InChI=1S/C16H23FN2O4S/c1-4-23-15(20)11-7-12(17)9-13(8-11)24(21,22)19-6-5-14(18)16(2,3)10-19/h7-9,14H,4-6,10,18H2,1-3H3. The number of benzene rings is 1. The van der Waals surface area contributed by atoms with E-state index in [4.69, 9.17) is 10.5 Å². The minimum atomic E-state index is -3.92. The molecule has 134 valence electrons. The first-order valence-electron chi connectivity index (χ1n) is 7.81. The second kappa shape index (κ2) is 6.78. The van der Waals surface area contributed by atoms with E-state index < -0.39 is 21.8 Å². The van der Waals surface area contributed by atoms with Crippen LogP contribution in [-0.4, -0.2) is 44.4 Å². The van der Waals surface area contributed by atoms with Crippen molar-refractivity contribution in [3.05, 3.63) is 29.6 Å². The van der Waals surface area contributed by atoms with Gasteiger partial charge in [-0.25, -0.2) is 17.6 Å². The molecule has 24 heavy (non-hydrogen) atoms. The fourth-order valence-corrected chi connectivity index (χ4v) is 4.41. The molecule has 1 fully saturated rings. The summed E-state index contributed by atoms with van der Waals surface area (Å²) in [6, 6.07) is 2.93. The van der Waals surface area contributed by atoms with Crippen LogP contribution in [0.15, 0.2) is 23.1 Å². The number of piperidine rings is 1. The predicted molar refractivity (Wildman–Crippen MR) is 87.5 cm³/mol. The van der Waals surface area contributed by atoms with Crippen LogP contribution in [0.3, 0.4) is 0 Å². The zero-order valence-electron chi connectivity index (χ0n) is 14.1. The quantitative estimate of drug-likeness (QED) is 0.828. The number of nitrogens with zero attached hydrogens (tertiary/aromatic N) is 1. The van der Waals surface area contributed by atoms with E-state index in [1.807, 2.05) is 13.8 Å². The average Bonchev–Trinajstić information content (AvgIpc) is 2.49. The molecule has 1 aliphatic heterocycles. The minimum Gasteiger partial charge on any atom is -0.462 e. The first kappa shape index (κ1) is 18.8. The third-order valence-corrected chi connectivity index (χ3v) is 6.12. The molecule has 1 unspecified atom stereocenters. The van der Waals surface area contributed by atoms with E-state index in [9.17, 15) is 17.6 Å². The maximum Gasteiger partial charge on any atom is 0.338 e. The van der Waals surface area contributed by atoms with Crippen molar-refractivity contribution < 1.29 is 22.3 Å². The van der Waals surface area contributed by atoms with Gasteiger partial charge in [-0.1, -0.05) is 13.8 Å². The van der Waals surface area contributed by atoms with Crippen LogP contribution in [0.25, 0.3) is 0 Å². The van der Waals surface area contributed by atoms with E-state index in [0.717, 1.165) is 18.2 Å². The molecule has 8 heteroatoms. The van der Waals surface area contributed by atoms with Crippen LogP contribution in [0.5, 0.6) is 0 Å². The summed E-state index contributed by atoms with van der Waals surface area (Å²) in [6.45, 7) is 6.04. The van der Waals surface area contributed by atoms with Crippen LogP contribution in [-0.2, 0) is 14.8 Å². The summed E-state index contributed by atoms with van der Waals surface area (Å²) in [6.07, 6.45) is 0.520. The third kappa shape index (κ3) is 3.76. The van der Waals surface area contributed by atoms with Gasteiger partial charge in [-0.15, -0.1) is 0 Å². The van der Waals surface area contributed by atoms with Crippen LogP contribution in [0.1, 0.15) is 37.6 Å². The predicted octanol–water partition coefficient (Wildman–Crippen LogP) is 1.75. The van der Waals surface area contributed by atoms with E-state index in [2.05, 4.69) is 0 Å². The number of carbonyl (C=O) groups excluding carboxylic acids is 1. The number of carbonyl (C=O) groups is 1. The molecular formula is C16H23FN2O4S. The number of hydrogen-bond acceptors (Lipinski definition) is 5. The van der Waals surface area contributed by atoms with Crippen molar-refractivity contribution in [2.45, 2.75) is 38.1 Å². The molecule has 2 rings (SSSR count). The smallest absolute Gasteiger partial charge is 0.338 e. The minimum absolute atomic E-state index is 0.105. The summed E-state index contributed by atoms with van der Waals surface area (Å²) >= 11 is 0. The van der Waals surface area contributed by atoms with E-state index in [1.54, 1.807) is 6.92 Å². The molecule has 0 amide bonds. The summed E-state index contributed by atoms with van der Waals surface area (Å²) in [5, 5.41) is 0. The third-order valence-electron chi connectivity index (χ3n) is 4.30. The van der Waals surface area contributed by atoms with Gasteiger partial charge in [0.25, 0.3) is 0 Å². The van der Waals surface area contributed by atoms with Crippen molar-refractivity contribution in [1.29, 1.82) is 0 Å². The highest BCUT2D eigenvalue weighted by molar-refractivity contribution is 7.89. The summed E-state index contributed by atoms with van der Waals surface area (Å²) in [7, 11) is -3.92. The van der Waals surface area contributed by atoms with Crippen molar-refractivity contribution in [2.75, 3.05) is 19.7 Å². The zero-order valence-corrected chi connectivity index (χ0v) is 14.9. The molecule has 0 aliphatic carbocycles. The number of sulfonamides is 1. The highest BCUT2D eigenvalue weighted by Crippen LogP contribution is 2.31. The maximum absolute atomic E-state index is 13.8. The van der Waals surface area contributed by atoms with Crippen molar-refractivity contribution in [2.24, 2.45) is 11.1 Å². The van der Waals surface area contributed by atoms with Crippen molar-refractivity contribution in [1.82, 2.24) is 4.31 Å². The summed E-state index contributed by atoms with van der Waals surface area (Å²) in [5.74, 6) is -1.55. The van der Waals surface area contributed by atoms with Crippen molar-refractivity contribution in [3.63, 3.8) is 0 Å². The van der Waals surface area contributed by atoms with Gasteiger partial charge in [-0.3, -0.25) is 0 Å². The van der Waals surface area contributed by atoms with Crippen LogP contribution >= 0.6 is 0 Å². The Morgan fingerprint density at radius 3 is 2.67 bits per heavy atom. The first-order chi connectivity index (χ1) is 11.1. The molecule has 6 nitrogen and oxygen atoms in total. The van der Waals surface area contributed by atoms with Crippen LogP contribution < -0.4 is 5.73 Å². The Balaban J connectivity index is 2.38. The fourth-order valence-electron chi connectivity index (χ4n) is 2.72. The number of rotatable bonds is 4. The van der Waals surface area contributed by atoms with E-state index in [-0.39, 0.29) is 41.6 Å². The molecule has 0 spiro atoms. The van der Waals surface area contributed by atoms with Gasteiger partial charge in [0, 0.05) is 19.1 Å². The molecule has 0 bridgehead atoms. The van der Waals surface area contributed by atoms with Crippen LogP contribution in [0.4, 0.5) is 4.39 Å². The van der Waals surface area contributed by atoms with Gasteiger partial charge in [-0.2, -0.15) is 4.31 Å². The molecule has 1 saturated heterocycles. The molecule has 0 aromatic heterocycles.